The van der Waals surface area contributed by atoms with Gasteiger partial charge < -0.3 is 10.1 Å². The molecule has 7 nitrogen and oxygen atoms in total. The van der Waals surface area contributed by atoms with Crippen LogP contribution in [-0.4, -0.2) is 36.2 Å². The van der Waals surface area contributed by atoms with Crippen LogP contribution >= 0.6 is 0 Å². The summed E-state index contributed by atoms with van der Waals surface area (Å²) in [4.78, 5) is 49.2. The van der Waals surface area contributed by atoms with Crippen molar-refractivity contribution in [3.8, 4) is 0 Å². The number of para-hydroxylation sites is 2. The molecule has 1 aliphatic heterocycles. The summed E-state index contributed by atoms with van der Waals surface area (Å²) >= 11 is 0. The number of anilines is 2. The number of carbonyl (C=O) groups is 4. The van der Waals surface area contributed by atoms with Crippen LogP contribution in [0.2, 0.25) is 0 Å². The average Bonchev–Trinajstić information content (AvgIpc) is 2.88. The molecule has 1 atom stereocenters. The Labute approximate surface area is 149 Å². The number of nitrogens with one attached hydrogen (secondary N) is 1. The molecule has 0 radical (unpaired) electrons. The minimum atomic E-state index is -1.05. The maximum atomic E-state index is 12.1. The first-order valence-electron chi connectivity index (χ1n) is 7.98. The molecule has 3 rings (SSSR count). The van der Waals surface area contributed by atoms with Crippen LogP contribution in [0.3, 0.4) is 0 Å². The van der Waals surface area contributed by atoms with Gasteiger partial charge in [-0.2, -0.15) is 0 Å². The molecule has 2 aromatic rings. The Morgan fingerprint density at radius 1 is 1.04 bits per heavy atom. The third kappa shape index (κ3) is 3.46. The first-order chi connectivity index (χ1) is 12.5. The van der Waals surface area contributed by atoms with E-state index in [9.17, 15) is 19.2 Å². The molecule has 2 amide bonds. The summed E-state index contributed by atoms with van der Waals surface area (Å²) in [6.45, 7) is 0.992. The minimum absolute atomic E-state index is 0.250. The summed E-state index contributed by atoms with van der Waals surface area (Å²) < 4.78 is 5.09. The fraction of sp³-hybridized carbons (Fsp3) is 0.158. The monoisotopic (exact) mass is 352 g/mol. The largest absolute Gasteiger partial charge is 0.451 e. The minimum Gasteiger partial charge on any atom is -0.451 e. The van der Waals surface area contributed by atoms with E-state index in [1.807, 2.05) is 6.07 Å². The van der Waals surface area contributed by atoms with Crippen molar-refractivity contribution >= 4 is 34.9 Å². The Bertz CT molecular complexity index is 879. The molecule has 0 saturated heterocycles. The molecule has 1 aliphatic rings. The van der Waals surface area contributed by atoms with Gasteiger partial charge in [-0.25, -0.2) is 0 Å². The van der Waals surface area contributed by atoms with Crippen LogP contribution in [-0.2, 0) is 19.1 Å². The molecule has 0 saturated carbocycles. The Morgan fingerprint density at radius 2 is 1.69 bits per heavy atom. The highest BCUT2D eigenvalue weighted by Crippen LogP contribution is 2.28. The molecule has 26 heavy (non-hydrogen) atoms. The van der Waals surface area contributed by atoms with Gasteiger partial charge in [0.2, 0.25) is 0 Å². The number of ether oxygens (including phenoxy) is 1. The fourth-order valence-corrected chi connectivity index (χ4v) is 2.59. The van der Waals surface area contributed by atoms with Gasteiger partial charge in [-0.3, -0.25) is 24.1 Å². The number of fused-ring (bicyclic) bond motifs is 1. The van der Waals surface area contributed by atoms with Crippen LogP contribution in [0, 0.1) is 0 Å². The third-order valence-corrected chi connectivity index (χ3v) is 3.88. The molecule has 0 fully saturated rings. The molecule has 0 unspecified atom stereocenters. The molecular weight excluding hydrogens is 336 g/mol. The van der Waals surface area contributed by atoms with Crippen molar-refractivity contribution in [2.75, 3.05) is 16.8 Å². The maximum Gasteiger partial charge on any atom is 0.326 e. The molecular formula is C19H16N2O5. The maximum absolute atomic E-state index is 12.1. The van der Waals surface area contributed by atoms with Crippen molar-refractivity contribution in [3.05, 3.63) is 60.2 Å². The van der Waals surface area contributed by atoms with Crippen LogP contribution in [0.25, 0.3) is 0 Å². The van der Waals surface area contributed by atoms with Crippen LogP contribution in [0.1, 0.15) is 17.3 Å². The topological polar surface area (TPSA) is 92.8 Å². The van der Waals surface area contributed by atoms with E-state index >= 15 is 0 Å². The van der Waals surface area contributed by atoms with Gasteiger partial charge in [0, 0.05) is 5.69 Å². The van der Waals surface area contributed by atoms with Gasteiger partial charge in [-0.05, 0) is 31.2 Å². The van der Waals surface area contributed by atoms with E-state index in [0.717, 1.165) is 4.90 Å². The Kier molecular flexibility index (Phi) is 4.79. The van der Waals surface area contributed by atoms with Crippen molar-refractivity contribution in [2.24, 2.45) is 0 Å². The van der Waals surface area contributed by atoms with E-state index in [2.05, 4.69) is 5.32 Å². The lowest BCUT2D eigenvalue weighted by Crippen LogP contribution is -2.38. The third-order valence-electron chi connectivity index (χ3n) is 3.88. The van der Waals surface area contributed by atoms with E-state index < -0.39 is 36.2 Å². The lowest BCUT2D eigenvalue weighted by Gasteiger charge is -2.18. The zero-order chi connectivity index (χ0) is 18.7. The first kappa shape index (κ1) is 17.3. The zero-order valence-electron chi connectivity index (χ0n) is 14.0. The SMILES string of the molecule is C[C@@H](OC(=O)CN1C(=O)C(=O)c2ccccc21)C(=O)Nc1ccccc1. The number of esters is 1. The number of rotatable bonds is 5. The van der Waals surface area contributed by atoms with Crippen LogP contribution in [0.5, 0.6) is 0 Å². The Morgan fingerprint density at radius 3 is 2.42 bits per heavy atom. The first-order valence-corrected chi connectivity index (χ1v) is 7.98. The van der Waals surface area contributed by atoms with Crippen molar-refractivity contribution in [1.82, 2.24) is 0 Å². The second kappa shape index (κ2) is 7.18. The molecule has 1 N–H and O–H groups in total. The molecule has 0 aliphatic carbocycles. The van der Waals surface area contributed by atoms with Crippen molar-refractivity contribution in [1.29, 1.82) is 0 Å². The highest BCUT2D eigenvalue weighted by Gasteiger charge is 2.37. The predicted molar refractivity (Wildman–Crippen MR) is 93.8 cm³/mol. The van der Waals surface area contributed by atoms with Crippen LogP contribution in [0.15, 0.2) is 54.6 Å². The molecule has 2 aromatic carbocycles. The standard InChI is InChI=1S/C19H16N2O5/c1-12(18(24)20-13-7-3-2-4-8-13)26-16(22)11-21-15-10-6-5-9-14(15)17(23)19(21)25/h2-10,12H,11H2,1H3,(H,20,24)/t12-/m1/s1. The number of Topliss-reactive ketones (excluding diaryl/α,β-unsaturated/α-hetero) is 1. The van der Waals surface area contributed by atoms with Gasteiger partial charge >= 0.3 is 5.97 Å². The molecule has 7 heteroatoms. The number of benzene rings is 2. The van der Waals surface area contributed by atoms with E-state index in [0.29, 0.717) is 11.4 Å². The number of carbonyl (C=O) groups excluding carboxylic acids is 4. The molecule has 132 valence electrons. The molecule has 0 spiro atoms. The van der Waals surface area contributed by atoms with Gasteiger partial charge in [0.15, 0.2) is 6.10 Å². The summed E-state index contributed by atoms with van der Waals surface area (Å²) in [5.74, 6) is -2.72. The summed E-state index contributed by atoms with van der Waals surface area (Å²) in [6, 6.07) is 15.2. The Hall–Kier alpha value is -3.48. The molecule has 1 heterocycles. The number of nitrogens with zero attached hydrogens (tertiary/aromatic N) is 1. The van der Waals surface area contributed by atoms with E-state index in [4.69, 9.17) is 4.74 Å². The second-order valence-electron chi connectivity index (χ2n) is 5.72. The van der Waals surface area contributed by atoms with E-state index in [1.54, 1.807) is 42.5 Å². The van der Waals surface area contributed by atoms with Gasteiger partial charge in [-0.1, -0.05) is 30.3 Å². The fourth-order valence-electron chi connectivity index (χ4n) is 2.59. The zero-order valence-corrected chi connectivity index (χ0v) is 14.0. The lowest BCUT2D eigenvalue weighted by atomic mass is 10.1. The van der Waals surface area contributed by atoms with E-state index in [-0.39, 0.29) is 5.56 Å². The van der Waals surface area contributed by atoms with Crippen molar-refractivity contribution < 1.29 is 23.9 Å². The number of amides is 2. The lowest BCUT2D eigenvalue weighted by molar-refractivity contribution is -0.152. The number of hydrogen-bond acceptors (Lipinski definition) is 5. The predicted octanol–water partition coefficient (Wildman–Crippen LogP) is 1.79. The quantitative estimate of drug-likeness (QED) is 0.654. The summed E-state index contributed by atoms with van der Waals surface area (Å²) in [7, 11) is 0. The average molecular weight is 352 g/mol. The van der Waals surface area contributed by atoms with Crippen LogP contribution in [0.4, 0.5) is 11.4 Å². The molecule has 0 bridgehead atoms. The highest BCUT2D eigenvalue weighted by atomic mass is 16.5. The summed E-state index contributed by atoms with van der Waals surface area (Å²) in [5, 5.41) is 2.62. The van der Waals surface area contributed by atoms with Crippen molar-refractivity contribution in [2.45, 2.75) is 13.0 Å². The van der Waals surface area contributed by atoms with Crippen molar-refractivity contribution in [3.63, 3.8) is 0 Å². The van der Waals surface area contributed by atoms with Gasteiger partial charge in [0.25, 0.3) is 17.6 Å². The Balaban J connectivity index is 1.61. The van der Waals surface area contributed by atoms with E-state index in [1.165, 1.54) is 13.0 Å². The van der Waals surface area contributed by atoms with Crippen LogP contribution < -0.4 is 10.2 Å². The number of ketones is 1. The smallest absolute Gasteiger partial charge is 0.326 e. The van der Waals surface area contributed by atoms with Gasteiger partial charge in [0.1, 0.15) is 6.54 Å². The number of hydrogen-bond donors (Lipinski definition) is 1. The van der Waals surface area contributed by atoms with Gasteiger partial charge in [0.05, 0.1) is 11.3 Å². The summed E-state index contributed by atoms with van der Waals surface area (Å²) in [5.41, 5.74) is 1.19. The normalized spacial score (nSPS) is 14.0. The highest BCUT2D eigenvalue weighted by molar-refractivity contribution is 6.52. The second-order valence-corrected chi connectivity index (χ2v) is 5.72. The summed E-state index contributed by atoms with van der Waals surface area (Å²) in [6.07, 6.45) is -1.05. The van der Waals surface area contributed by atoms with Gasteiger partial charge in [-0.15, -0.1) is 0 Å². The molecule has 0 aromatic heterocycles.